The zero-order valence-electron chi connectivity index (χ0n) is 17.1. The summed E-state index contributed by atoms with van der Waals surface area (Å²) in [5.74, 6) is 0.554. The average Bonchev–Trinajstić information content (AvgIpc) is 3.25. The number of nitrogens with zero attached hydrogens (tertiary/aromatic N) is 3. The summed E-state index contributed by atoms with van der Waals surface area (Å²) >= 11 is 1.67. The van der Waals surface area contributed by atoms with Crippen LogP contribution in [0.25, 0.3) is 0 Å². The van der Waals surface area contributed by atoms with Gasteiger partial charge in [-0.2, -0.15) is 0 Å². The molecule has 1 aliphatic carbocycles. The molecule has 0 aliphatic heterocycles. The van der Waals surface area contributed by atoms with Crippen molar-refractivity contribution in [3.8, 4) is 0 Å². The lowest BCUT2D eigenvalue weighted by Gasteiger charge is -2.33. The molecule has 152 valence electrons. The Morgan fingerprint density at radius 2 is 1.93 bits per heavy atom. The van der Waals surface area contributed by atoms with Gasteiger partial charge in [0.1, 0.15) is 5.76 Å². The Hall–Kier alpha value is -2.22. The second kappa shape index (κ2) is 8.43. The van der Waals surface area contributed by atoms with Gasteiger partial charge in [0, 0.05) is 30.0 Å². The van der Waals surface area contributed by atoms with Crippen molar-refractivity contribution in [3.05, 3.63) is 33.1 Å². The molecule has 1 saturated carbocycles. The Labute approximate surface area is 169 Å². The molecule has 1 aliphatic rings. The van der Waals surface area contributed by atoms with E-state index in [0.717, 1.165) is 36.4 Å². The van der Waals surface area contributed by atoms with Gasteiger partial charge in [0.15, 0.2) is 5.69 Å². The smallest absolute Gasteiger partial charge is 0.273 e. The minimum absolute atomic E-state index is 0.00469. The maximum Gasteiger partial charge on any atom is 0.273 e. The molecule has 3 rings (SSSR count). The van der Waals surface area contributed by atoms with Gasteiger partial charge in [0.2, 0.25) is 5.91 Å². The summed E-state index contributed by atoms with van der Waals surface area (Å²) in [4.78, 5) is 32.8. The van der Waals surface area contributed by atoms with Crippen LogP contribution in [-0.4, -0.2) is 39.9 Å². The highest BCUT2D eigenvalue weighted by Crippen LogP contribution is 2.31. The zero-order valence-corrected chi connectivity index (χ0v) is 17.9. The second-order valence-electron chi connectivity index (χ2n) is 7.64. The number of rotatable bonds is 5. The molecule has 1 fully saturated rings. The number of aromatic nitrogens is 2. The molecule has 0 saturated heterocycles. The van der Waals surface area contributed by atoms with Crippen LogP contribution < -0.4 is 5.32 Å². The summed E-state index contributed by atoms with van der Waals surface area (Å²) in [6, 6.07) is 1.66. The number of thiazole rings is 1. The van der Waals surface area contributed by atoms with Gasteiger partial charge in [-0.05, 0) is 53.4 Å². The van der Waals surface area contributed by atoms with Gasteiger partial charge < -0.3 is 14.7 Å². The van der Waals surface area contributed by atoms with Crippen LogP contribution in [0.4, 0.5) is 0 Å². The number of carbonyl (C=O) groups is 2. The van der Waals surface area contributed by atoms with Crippen molar-refractivity contribution >= 4 is 23.2 Å². The van der Waals surface area contributed by atoms with Crippen molar-refractivity contribution in [2.75, 3.05) is 7.05 Å². The van der Waals surface area contributed by atoms with Crippen LogP contribution in [0.15, 0.2) is 10.6 Å². The molecule has 0 radical (unpaired) electrons. The molecule has 1 N–H and O–H groups in total. The van der Waals surface area contributed by atoms with Crippen LogP contribution in [-0.2, 0) is 4.79 Å². The van der Waals surface area contributed by atoms with E-state index < -0.39 is 0 Å². The van der Waals surface area contributed by atoms with E-state index >= 15 is 0 Å². The van der Waals surface area contributed by atoms with Crippen molar-refractivity contribution in [2.45, 2.75) is 65.5 Å². The summed E-state index contributed by atoms with van der Waals surface area (Å²) < 4.78 is 4.95. The number of carbonyl (C=O) groups excluding carboxylic acids is 2. The molecule has 2 amide bonds. The highest BCUT2D eigenvalue weighted by Gasteiger charge is 2.32. The normalized spacial score (nSPS) is 20.6. The van der Waals surface area contributed by atoms with Crippen molar-refractivity contribution in [3.63, 3.8) is 0 Å². The largest absolute Gasteiger partial charge is 0.361 e. The van der Waals surface area contributed by atoms with E-state index in [-0.39, 0.29) is 29.8 Å². The summed E-state index contributed by atoms with van der Waals surface area (Å²) in [6.07, 6.45) is 3.12. The fourth-order valence-electron chi connectivity index (χ4n) is 3.81. The molecule has 2 aromatic heterocycles. The maximum atomic E-state index is 13.0. The maximum absolute atomic E-state index is 13.0. The van der Waals surface area contributed by atoms with E-state index in [1.165, 1.54) is 4.88 Å². The summed E-state index contributed by atoms with van der Waals surface area (Å²) in [7, 11) is 1.86. The third-order valence-electron chi connectivity index (χ3n) is 5.54. The number of hydrogen-bond acceptors (Lipinski definition) is 6. The Balaban J connectivity index is 1.53. The molecule has 0 aromatic carbocycles. The Kier molecular flexibility index (Phi) is 6.17. The predicted molar refractivity (Wildman–Crippen MR) is 107 cm³/mol. The summed E-state index contributed by atoms with van der Waals surface area (Å²) in [5, 5.41) is 7.78. The Morgan fingerprint density at radius 3 is 2.46 bits per heavy atom. The third-order valence-corrected chi connectivity index (χ3v) is 6.44. The predicted octanol–water partition coefficient (Wildman–Crippen LogP) is 3.56. The van der Waals surface area contributed by atoms with E-state index in [0.29, 0.717) is 11.5 Å². The van der Waals surface area contributed by atoms with Crippen molar-refractivity contribution < 1.29 is 14.1 Å². The molecule has 8 heteroatoms. The summed E-state index contributed by atoms with van der Waals surface area (Å²) in [5.41, 5.74) is 1.29. The van der Waals surface area contributed by atoms with Gasteiger partial charge in [-0.15, -0.1) is 11.3 Å². The molecule has 2 aromatic rings. The lowest BCUT2D eigenvalue weighted by atomic mass is 9.85. The van der Waals surface area contributed by atoms with E-state index in [9.17, 15) is 9.59 Å². The Morgan fingerprint density at radius 1 is 1.25 bits per heavy atom. The number of amides is 2. The molecular formula is C20H28N4O3S. The first-order valence-electron chi connectivity index (χ1n) is 9.71. The molecular weight excluding hydrogens is 376 g/mol. The number of nitrogens with one attached hydrogen (secondary N) is 1. The fourth-order valence-corrected chi connectivity index (χ4v) is 4.72. The van der Waals surface area contributed by atoms with E-state index in [1.54, 1.807) is 24.3 Å². The van der Waals surface area contributed by atoms with E-state index in [4.69, 9.17) is 4.52 Å². The SMILES string of the molecule is Cc1cc(C(=O)NC2CCC(C(=O)N(C)C(C)c3nc(C)sc3C)CC2)no1. The summed E-state index contributed by atoms with van der Waals surface area (Å²) in [6.45, 7) is 7.84. The van der Waals surface area contributed by atoms with Crippen LogP contribution in [0.5, 0.6) is 0 Å². The van der Waals surface area contributed by atoms with Crippen LogP contribution in [0, 0.1) is 26.7 Å². The van der Waals surface area contributed by atoms with E-state index in [1.807, 2.05) is 25.8 Å². The minimum atomic E-state index is -0.216. The van der Waals surface area contributed by atoms with Crippen LogP contribution in [0.3, 0.4) is 0 Å². The zero-order chi connectivity index (χ0) is 20.4. The highest BCUT2D eigenvalue weighted by molar-refractivity contribution is 7.11. The molecule has 1 unspecified atom stereocenters. The lowest BCUT2D eigenvalue weighted by molar-refractivity contribution is -0.137. The molecule has 0 bridgehead atoms. The lowest BCUT2D eigenvalue weighted by Crippen LogP contribution is -2.42. The highest BCUT2D eigenvalue weighted by atomic mass is 32.1. The van der Waals surface area contributed by atoms with Gasteiger partial charge in [0.25, 0.3) is 5.91 Å². The first-order valence-corrected chi connectivity index (χ1v) is 10.5. The fraction of sp³-hybridized carbons (Fsp3) is 0.600. The standard InChI is InChI=1S/C20H28N4O3S/c1-11-10-17(23-27-11)19(25)22-16-8-6-15(7-9-16)20(26)24(5)12(2)18-13(3)28-14(4)21-18/h10,12,15-16H,6-9H2,1-5H3,(H,22,25). The van der Waals surface area contributed by atoms with Crippen LogP contribution in [0.2, 0.25) is 0 Å². The van der Waals surface area contributed by atoms with Crippen molar-refractivity contribution in [1.82, 2.24) is 20.4 Å². The minimum Gasteiger partial charge on any atom is -0.361 e. The van der Waals surface area contributed by atoms with Gasteiger partial charge in [-0.25, -0.2) is 4.98 Å². The Bertz CT molecular complexity index is 852. The molecule has 0 spiro atoms. The van der Waals surface area contributed by atoms with Gasteiger partial charge in [-0.3, -0.25) is 9.59 Å². The average molecular weight is 405 g/mol. The molecule has 28 heavy (non-hydrogen) atoms. The molecule has 1 atom stereocenters. The van der Waals surface area contributed by atoms with Gasteiger partial charge in [-0.1, -0.05) is 5.16 Å². The van der Waals surface area contributed by atoms with Gasteiger partial charge in [0.05, 0.1) is 16.7 Å². The van der Waals surface area contributed by atoms with Crippen LogP contribution in [0.1, 0.15) is 70.5 Å². The second-order valence-corrected chi connectivity index (χ2v) is 9.05. The number of aryl methyl sites for hydroxylation is 3. The first-order chi connectivity index (χ1) is 13.3. The topological polar surface area (TPSA) is 88.3 Å². The first kappa shape index (κ1) is 20.5. The third kappa shape index (κ3) is 4.43. The van der Waals surface area contributed by atoms with Gasteiger partial charge >= 0.3 is 0 Å². The molecule has 7 nitrogen and oxygen atoms in total. The monoisotopic (exact) mass is 404 g/mol. The van der Waals surface area contributed by atoms with E-state index in [2.05, 4.69) is 22.4 Å². The quantitative estimate of drug-likeness (QED) is 0.823. The molecule has 2 heterocycles. The number of hydrogen-bond donors (Lipinski definition) is 1. The van der Waals surface area contributed by atoms with Crippen molar-refractivity contribution in [2.24, 2.45) is 5.92 Å². The van der Waals surface area contributed by atoms with Crippen LogP contribution >= 0.6 is 11.3 Å². The van der Waals surface area contributed by atoms with Crippen molar-refractivity contribution in [1.29, 1.82) is 0 Å².